The van der Waals surface area contributed by atoms with E-state index in [1.165, 1.54) is 24.3 Å². The van der Waals surface area contributed by atoms with Crippen molar-refractivity contribution in [2.75, 3.05) is 11.9 Å². The summed E-state index contributed by atoms with van der Waals surface area (Å²) in [6, 6.07) is 10.1. The highest BCUT2D eigenvalue weighted by Crippen LogP contribution is 2.15. The number of hydrogen-bond donors (Lipinski definition) is 3. The minimum absolute atomic E-state index is 0.0730. The predicted molar refractivity (Wildman–Crippen MR) is 99.7 cm³/mol. The summed E-state index contributed by atoms with van der Waals surface area (Å²) in [7, 11) is -4.01. The first-order valence-electron chi connectivity index (χ1n) is 8.02. The van der Waals surface area contributed by atoms with E-state index in [4.69, 9.17) is 0 Å². The van der Waals surface area contributed by atoms with Crippen LogP contribution in [0.1, 0.15) is 28.4 Å². The molecule has 0 fully saturated rings. The first-order chi connectivity index (χ1) is 12.2. The van der Waals surface area contributed by atoms with Gasteiger partial charge in [0.2, 0.25) is 0 Å². The Labute approximate surface area is 152 Å². The molecule has 8 heteroatoms. The lowest BCUT2D eigenvalue weighted by atomic mass is 10.1. The smallest absolute Gasteiger partial charge is 0.319 e. The maximum absolute atomic E-state index is 12.4. The summed E-state index contributed by atoms with van der Waals surface area (Å²) in [5, 5.41) is 5.13. The Kier molecular flexibility index (Phi) is 5.99. The summed E-state index contributed by atoms with van der Waals surface area (Å²) in [6.07, 6.45) is 0. The van der Waals surface area contributed by atoms with Gasteiger partial charge in [0, 0.05) is 17.8 Å². The molecule has 0 radical (unpaired) electrons. The Morgan fingerprint density at radius 1 is 0.962 bits per heavy atom. The highest BCUT2D eigenvalue weighted by atomic mass is 32.2. The van der Waals surface area contributed by atoms with Crippen LogP contribution in [0.5, 0.6) is 0 Å². The second-order valence-electron chi connectivity index (χ2n) is 5.74. The average molecular weight is 375 g/mol. The van der Waals surface area contributed by atoms with E-state index < -0.39 is 15.9 Å². The van der Waals surface area contributed by atoms with Crippen molar-refractivity contribution in [1.29, 1.82) is 0 Å². The maximum atomic E-state index is 12.4. The van der Waals surface area contributed by atoms with Crippen molar-refractivity contribution in [2.45, 2.75) is 25.7 Å². The lowest BCUT2D eigenvalue weighted by Gasteiger charge is -2.10. The van der Waals surface area contributed by atoms with E-state index in [1.54, 1.807) is 25.1 Å². The molecule has 2 aromatic rings. The zero-order valence-electron chi connectivity index (χ0n) is 14.8. The van der Waals surface area contributed by atoms with Gasteiger partial charge in [-0.15, -0.1) is 0 Å². The fourth-order valence-corrected chi connectivity index (χ4v) is 3.15. The van der Waals surface area contributed by atoms with Crippen molar-refractivity contribution in [3.05, 3.63) is 59.2 Å². The van der Waals surface area contributed by atoms with Crippen molar-refractivity contribution in [1.82, 2.24) is 10.0 Å². The van der Waals surface area contributed by atoms with E-state index in [1.807, 2.05) is 18.6 Å². The number of aryl methyl sites for hydroxylation is 2. The number of nitrogens with one attached hydrogen (secondary N) is 3. The second kappa shape index (κ2) is 8.01. The van der Waals surface area contributed by atoms with Crippen LogP contribution >= 0.6 is 0 Å². The minimum Gasteiger partial charge on any atom is -0.338 e. The molecule has 0 aliphatic rings. The number of anilines is 1. The fourth-order valence-electron chi connectivity index (χ4n) is 2.18. The van der Waals surface area contributed by atoms with Gasteiger partial charge >= 0.3 is 6.03 Å². The molecule has 0 saturated heterocycles. The second-order valence-corrected chi connectivity index (χ2v) is 7.42. The molecule has 2 aromatic carbocycles. The zero-order chi connectivity index (χ0) is 19.3. The first kappa shape index (κ1) is 19.5. The molecule has 0 aromatic heterocycles. The van der Waals surface area contributed by atoms with Gasteiger partial charge in [0.1, 0.15) is 0 Å². The van der Waals surface area contributed by atoms with Gasteiger partial charge in [-0.1, -0.05) is 6.07 Å². The Hall–Kier alpha value is -2.87. The lowest BCUT2D eigenvalue weighted by molar-refractivity contribution is 0.0981. The average Bonchev–Trinajstić information content (AvgIpc) is 2.57. The van der Waals surface area contributed by atoms with Gasteiger partial charge in [-0.3, -0.25) is 4.79 Å². The largest absolute Gasteiger partial charge is 0.338 e. The SMILES string of the molecule is CCNC(=O)Nc1ccc(S(=O)(=O)NC(=O)c2ccc(C)c(C)c2)cc1. The van der Waals surface area contributed by atoms with Crippen LogP contribution in [-0.2, 0) is 10.0 Å². The molecule has 26 heavy (non-hydrogen) atoms. The van der Waals surface area contributed by atoms with Gasteiger partial charge in [0.05, 0.1) is 4.90 Å². The van der Waals surface area contributed by atoms with E-state index in [0.29, 0.717) is 12.2 Å². The van der Waals surface area contributed by atoms with Crippen LogP contribution in [0.25, 0.3) is 0 Å². The van der Waals surface area contributed by atoms with Crippen LogP contribution in [0, 0.1) is 13.8 Å². The maximum Gasteiger partial charge on any atom is 0.319 e. The van der Waals surface area contributed by atoms with Crippen molar-refractivity contribution >= 4 is 27.6 Å². The molecule has 3 amide bonds. The van der Waals surface area contributed by atoms with Gasteiger partial charge in [0.25, 0.3) is 15.9 Å². The van der Waals surface area contributed by atoms with Crippen molar-refractivity contribution < 1.29 is 18.0 Å². The van der Waals surface area contributed by atoms with Gasteiger partial charge in [-0.25, -0.2) is 17.9 Å². The summed E-state index contributed by atoms with van der Waals surface area (Å²) in [6.45, 7) is 6.02. The van der Waals surface area contributed by atoms with E-state index >= 15 is 0 Å². The topological polar surface area (TPSA) is 104 Å². The quantitative estimate of drug-likeness (QED) is 0.747. The zero-order valence-corrected chi connectivity index (χ0v) is 15.6. The van der Waals surface area contributed by atoms with Crippen LogP contribution < -0.4 is 15.4 Å². The monoisotopic (exact) mass is 375 g/mol. The van der Waals surface area contributed by atoms with Gasteiger partial charge in [-0.2, -0.15) is 0 Å². The molecule has 7 nitrogen and oxygen atoms in total. The molecule has 0 unspecified atom stereocenters. The van der Waals surface area contributed by atoms with Gasteiger partial charge in [0.15, 0.2) is 0 Å². The standard InChI is InChI=1S/C18H21N3O4S/c1-4-19-18(23)20-15-7-9-16(10-8-15)26(24,25)21-17(22)14-6-5-12(2)13(3)11-14/h5-11H,4H2,1-3H3,(H,21,22)(H2,19,20,23). The third kappa shape index (κ3) is 4.82. The van der Waals surface area contributed by atoms with Gasteiger partial charge in [-0.05, 0) is 68.3 Å². The molecular weight excluding hydrogens is 354 g/mol. The van der Waals surface area contributed by atoms with Crippen molar-refractivity contribution in [3.8, 4) is 0 Å². The Balaban J connectivity index is 2.12. The normalized spacial score (nSPS) is 10.9. The van der Waals surface area contributed by atoms with Gasteiger partial charge < -0.3 is 10.6 Å². The van der Waals surface area contributed by atoms with Crippen LogP contribution in [0.4, 0.5) is 10.5 Å². The summed E-state index contributed by atoms with van der Waals surface area (Å²) in [5.74, 6) is -0.697. The number of carbonyl (C=O) groups excluding carboxylic acids is 2. The summed E-state index contributed by atoms with van der Waals surface area (Å²) in [4.78, 5) is 23.6. The number of carbonyl (C=O) groups is 2. The number of hydrogen-bond acceptors (Lipinski definition) is 4. The molecule has 0 aliphatic heterocycles. The summed E-state index contributed by atoms with van der Waals surface area (Å²) in [5.41, 5.74) is 2.62. The third-order valence-corrected chi connectivity index (χ3v) is 5.10. The van der Waals surface area contributed by atoms with E-state index in [0.717, 1.165) is 11.1 Å². The Morgan fingerprint density at radius 2 is 1.62 bits per heavy atom. The highest BCUT2D eigenvalue weighted by Gasteiger charge is 2.19. The number of urea groups is 1. The molecule has 0 heterocycles. The van der Waals surface area contributed by atoms with Crippen LogP contribution in [0.3, 0.4) is 0 Å². The van der Waals surface area contributed by atoms with Crippen LogP contribution in [0.2, 0.25) is 0 Å². The Morgan fingerprint density at radius 3 is 2.19 bits per heavy atom. The fraction of sp³-hybridized carbons (Fsp3) is 0.222. The molecular formula is C18H21N3O4S. The lowest BCUT2D eigenvalue weighted by Crippen LogP contribution is -2.30. The predicted octanol–water partition coefficient (Wildman–Crippen LogP) is 2.56. The van der Waals surface area contributed by atoms with E-state index in [2.05, 4.69) is 10.6 Å². The highest BCUT2D eigenvalue weighted by molar-refractivity contribution is 7.90. The summed E-state index contributed by atoms with van der Waals surface area (Å²) >= 11 is 0. The minimum atomic E-state index is -4.01. The first-order valence-corrected chi connectivity index (χ1v) is 9.50. The molecule has 2 rings (SSSR count). The van der Waals surface area contributed by atoms with Crippen LogP contribution in [-0.4, -0.2) is 26.9 Å². The molecule has 0 spiro atoms. The van der Waals surface area contributed by atoms with E-state index in [-0.39, 0.29) is 16.5 Å². The number of amides is 3. The van der Waals surface area contributed by atoms with E-state index in [9.17, 15) is 18.0 Å². The van der Waals surface area contributed by atoms with Crippen molar-refractivity contribution in [2.24, 2.45) is 0 Å². The molecule has 0 aliphatic carbocycles. The molecule has 0 atom stereocenters. The molecule has 138 valence electrons. The van der Waals surface area contributed by atoms with Crippen LogP contribution in [0.15, 0.2) is 47.4 Å². The van der Waals surface area contributed by atoms with Crippen molar-refractivity contribution in [3.63, 3.8) is 0 Å². The number of rotatable bonds is 5. The third-order valence-electron chi connectivity index (χ3n) is 3.76. The summed E-state index contributed by atoms with van der Waals surface area (Å²) < 4.78 is 26.8. The number of benzene rings is 2. The molecule has 0 saturated carbocycles. The number of sulfonamides is 1. The Bertz CT molecular complexity index is 922. The molecule has 0 bridgehead atoms. The molecule has 3 N–H and O–H groups in total.